The van der Waals surface area contributed by atoms with Gasteiger partial charge < -0.3 is 9.80 Å². The maximum absolute atomic E-state index is 8.74. The van der Waals surface area contributed by atoms with Crippen LogP contribution in [-0.4, -0.2) is 66.6 Å². The molecule has 0 aromatic carbocycles. The molecule has 0 heterocycles. The second-order valence-corrected chi connectivity index (χ2v) is 17.1. The van der Waals surface area contributed by atoms with Gasteiger partial charge >= 0.3 is 10.4 Å². The van der Waals surface area contributed by atoms with E-state index in [0.717, 1.165) is 11.8 Å². The number of unbranched alkanes of at least 4 members (excludes halogenated alkanes) is 18. The van der Waals surface area contributed by atoms with Crippen molar-refractivity contribution in [2.45, 2.75) is 233 Å². The van der Waals surface area contributed by atoms with E-state index in [1.54, 1.807) is 0 Å². The fraction of sp³-hybridized carbons (Fsp3) is 1.00. The Morgan fingerprint density at radius 2 is 0.608 bits per heavy atom. The van der Waals surface area contributed by atoms with Crippen LogP contribution >= 0.6 is 0 Å². The van der Waals surface area contributed by atoms with Gasteiger partial charge in [0, 0.05) is 0 Å². The third kappa shape index (κ3) is 39.3. The van der Waals surface area contributed by atoms with Gasteiger partial charge in [-0.2, -0.15) is 8.42 Å². The van der Waals surface area contributed by atoms with Crippen molar-refractivity contribution in [3.05, 3.63) is 0 Å². The highest BCUT2D eigenvalue weighted by Gasteiger charge is 2.13. The molecule has 0 aliphatic heterocycles. The number of hydrogen-bond acceptors (Lipinski definition) is 4. The zero-order chi connectivity index (χ0) is 37.7. The highest BCUT2D eigenvalue weighted by atomic mass is 32.3. The number of nitrogens with zero attached hydrogens (tertiary/aromatic N) is 2. The quantitative estimate of drug-likeness (QED) is 0.0563. The fourth-order valence-corrected chi connectivity index (χ4v) is 8.40. The molecule has 0 radical (unpaired) electrons. The minimum absolute atomic E-state index is 1.10. The first-order chi connectivity index (χ1) is 24.7. The van der Waals surface area contributed by atoms with Crippen LogP contribution < -0.4 is 0 Å². The maximum atomic E-state index is 8.74. The molecule has 0 bridgehead atoms. The molecule has 0 aromatic rings. The van der Waals surface area contributed by atoms with Gasteiger partial charge in [0.1, 0.15) is 0 Å². The largest absolute Gasteiger partial charge is 0.394 e. The van der Waals surface area contributed by atoms with Crippen molar-refractivity contribution < 1.29 is 17.5 Å². The van der Waals surface area contributed by atoms with Crippen LogP contribution in [0.15, 0.2) is 0 Å². The van der Waals surface area contributed by atoms with Crippen LogP contribution in [0.2, 0.25) is 0 Å². The molecular weight excluding hydrogens is 653 g/mol. The van der Waals surface area contributed by atoms with Gasteiger partial charge in [0.25, 0.3) is 0 Å². The van der Waals surface area contributed by atoms with E-state index in [9.17, 15) is 0 Å². The highest BCUT2D eigenvalue weighted by molar-refractivity contribution is 7.79. The predicted molar refractivity (Wildman–Crippen MR) is 224 cm³/mol. The monoisotopic (exact) mass is 745 g/mol. The van der Waals surface area contributed by atoms with Gasteiger partial charge in [0.2, 0.25) is 0 Å². The predicted octanol–water partition coefficient (Wildman–Crippen LogP) is 13.7. The van der Waals surface area contributed by atoms with Crippen molar-refractivity contribution in [2.75, 3.05) is 39.3 Å². The first-order valence-corrected chi connectivity index (χ1v) is 24.3. The highest BCUT2D eigenvalue weighted by Crippen LogP contribution is 2.29. The summed E-state index contributed by atoms with van der Waals surface area (Å²) in [6, 6.07) is 0. The first kappa shape index (κ1) is 50.8. The van der Waals surface area contributed by atoms with E-state index in [-0.39, 0.29) is 0 Å². The molecule has 0 unspecified atom stereocenters. The van der Waals surface area contributed by atoms with Gasteiger partial charge in [-0.25, -0.2) is 0 Å². The summed E-state index contributed by atoms with van der Waals surface area (Å²) in [6.07, 6.45) is 47.8. The van der Waals surface area contributed by atoms with Crippen molar-refractivity contribution in [3.63, 3.8) is 0 Å². The minimum atomic E-state index is -4.67. The van der Waals surface area contributed by atoms with Crippen LogP contribution in [0.25, 0.3) is 0 Å². The Hall–Kier alpha value is -0.210. The zero-order valence-corrected chi connectivity index (χ0v) is 35.9. The molecule has 2 N–H and O–H groups in total. The third-order valence-corrected chi connectivity index (χ3v) is 11.9. The summed E-state index contributed by atoms with van der Waals surface area (Å²) in [5.74, 6) is 2.19. The molecule has 0 saturated heterocycles. The van der Waals surface area contributed by atoms with Gasteiger partial charge in [-0.1, -0.05) is 220 Å². The Bertz CT molecular complexity index is 718. The molecule has 7 heteroatoms. The van der Waals surface area contributed by atoms with E-state index >= 15 is 0 Å². The van der Waals surface area contributed by atoms with Crippen LogP contribution in [0.1, 0.15) is 233 Å². The molecule has 6 nitrogen and oxygen atoms in total. The van der Waals surface area contributed by atoms with E-state index in [4.69, 9.17) is 17.5 Å². The van der Waals surface area contributed by atoms with Crippen LogP contribution in [0, 0.1) is 11.8 Å². The Kier molecular flexibility index (Phi) is 37.9. The van der Waals surface area contributed by atoms with Crippen LogP contribution in [0.3, 0.4) is 0 Å². The Balaban J connectivity index is 0.000000865. The van der Waals surface area contributed by atoms with Crippen molar-refractivity contribution in [3.8, 4) is 0 Å². The maximum Gasteiger partial charge on any atom is 0.394 e. The molecule has 0 amide bonds. The second-order valence-electron chi connectivity index (χ2n) is 16.2. The molecule has 2 aliphatic rings. The van der Waals surface area contributed by atoms with E-state index in [1.807, 2.05) is 0 Å². The molecule has 51 heavy (non-hydrogen) atoms. The smallest absolute Gasteiger partial charge is 0.304 e. The van der Waals surface area contributed by atoms with E-state index in [0.29, 0.717) is 0 Å². The molecular formula is C44H92N2O4S. The minimum Gasteiger partial charge on any atom is -0.304 e. The summed E-state index contributed by atoms with van der Waals surface area (Å²) in [7, 11) is -4.67. The lowest BCUT2D eigenvalue weighted by Crippen LogP contribution is -2.23. The van der Waals surface area contributed by atoms with Gasteiger partial charge in [-0.3, -0.25) is 9.11 Å². The average Bonchev–Trinajstić information content (AvgIpc) is 3.13. The molecule has 2 rings (SSSR count). The molecule has 2 aliphatic carbocycles. The number of hydrogen-bond donors (Lipinski definition) is 2. The molecule has 2 saturated carbocycles. The molecule has 2 fully saturated rings. The average molecular weight is 745 g/mol. The van der Waals surface area contributed by atoms with Gasteiger partial charge in [-0.05, 0) is 63.9 Å². The van der Waals surface area contributed by atoms with Gasteiger partial charge in [0.15, 0.2) is 0 Å². The standard InChI is InChI=1S/2C22H45N.H2O4S/c2*1-3-23(4-2)21-17-12-10-8-6-5-7-9-11-14-18-22-19-15-13-16-20-22;1-5(2,3)4/h2*22H,3-21H2,1-2H3;(H2,1,2,3,4). The Morgan fingerprint density at radius 1 is 0.392 bits per heavy atom. The molecule has 308 valence electrons. The summed E-state index contributed by atoms with van der Waals surface area (Å²) >= 11 is 0. The number of rotatable bonds is 30. The van der Waals surface area contributed by atoms with E-state index in [2.05, 4.69) is 37.5 Å². The van der Waals surface area contributed by atoms with Gasteiger partial charge in [0.05, 0.1) is 0 Å². The van der Waals surface area contributed by atoms with Crippen LogP contribution in [-0.2, 0) is 10.4 Å². The van der Waals surface area contributed by atoms with Crippen LogP contribution in [0.4, 0.5) is 0 Å². The summed E-state index contributed by atoms with van der Waals surface area (Å²) in [5.41, 5.74) is 0. The molecule has 0 spiro atoms. The topological polar surface area (TPSA) is 81.1 Å². The van der Waals surface area contributed by atoms with Crippen molar-refractivity contribution in [2.24, 2.45) is 11.8 Å². The fourth-order valence-electron chi connectivity index (χ4n) is 8.40. The third-order valence-electron chi connectivity index (χ3n) is 11.9. The molecule has 0 atom stereocenters. The summed E-state index contributed by atoms with van der Waals surface area (Å²) in [5, 5.41) is 0. The lowest BCUT2D eigenvalue weighted by molar-refractivity contribution is 0.295. The van der Waals surface area contributed by atoms with Crippen molar-refractivity contribution in [1.82, 2.24) is 9.80 Å². The summed E-state index contributed by atoms with van der Waals surface area (Å²) in [4.78, 5) is 5.10. The SMILES string of the molecule is CCN(CC)CCCCCCCCCCCCC1CCCCC1.CCN(CC)CCCCCCCCCCCCC1CCCCC1.O=S(=O)(O)O. The zero-order valence-electron chi connectivity index (χ0n) is 35.0. The summed E-state index contributed by atoms with van der Waals surface area (Å²) in [6.45, 7) is 16.6. The Morgan fingerprint density at radius 3 is 0.843 bits per heavy atom. The Labute approximate surface area is 321 Å². The van der Waals surface area contributed by atoms with Crippen molar-refractivity contribution >= 4 is 10.4 Å². The lowest BCUT2D eigenvalue weighted by atomic mass is 9.85. The lowest BCUT2D eigenvalue weighted by Gasteiger charge is -2.21. The van der Waals surface area contributed by atoms with Crippen LogP contribution in [0.5, 0.6) is 0 Å². The second kappa shape index (κ2) is 38.1. The summed E-state index contributed by atoms with van der Waals surface area (Å²) < 4.78 is 31.6. The normalized spacial score (nSPS) is 15.8. The van der Waals surface area contributed by atoms with E-state index < -0.39 is 10.4 Å². The molecule has 0 aromatic heterocycles. The van der Waals surface area contributed by atoms with E-state index in [1.165, 1.54) is 245 Å². The first-order valence-electron chi connectivity index (χ1n) is 22.9. The van der Waals surface area contributed by atoms with Gasteiger partial charge in [-0.15, -0.1) is 0 Å². The van der Waals surface area contributed by atoms with Crippen molar-refractivity contribution in [1.29, 1.82) is 0 Å².